The molecule has 0 bridgehead atoms. The zero-order valence-electron chi connectivity index (χ0n) is 10.9. The van der Waals surface area contributed by atoms with Crippen molar-refractivity contribution in [2.24, 2.45) is 0 Å². The van der Waals surface area contributed by atoms with Gasteiger partial charge in [-0.1, -0.05) is 6.07 Å². The Morgan fingerprint density at radius 3 is 2.95 bits per heavy atom. The molecule has 104 valence electrons. The minimum Gasteiger partial charge on any atom is -0.454 e. The van der Waals surface area contributed by atoms with E-state index in [0.29, 0.717) is 17.2 Å². The highest BCUT2D eigenvalue weighted by atomic mass is 32.1. The molecule has 1 unspecified atom stereocenters. The maximum atomic E-state index is 11.9. The Bertz CT molecular complexity index is 613. The topological polar surface area (TPSA) is 59.6 Å². The summed E-state index contributed by atoms with van der Waals surface area (Å²) in [6, 6.07) is 9.00. The molecule has 1 aliphatic heterocycles. The van der Waals surface area contributed by atoms with Crippen LogP contribution in [0.1, 0.15) is 17.8 Å². The second-order valence-corrected chi connectivity index (χ2v) is 5.38. The van der Waals surface area contributed by atoms with Crippen molar-refractivity contribution in [3.63, 3.8) is 0 Å². The summed E-state index contributed by atoms with van der Waals surface area (Å²) in [5.74, 6) is 1.34. The van der Waals surface area contributed by atoms with Crippen LogP contribution in [0.5, 0.6) is 11.5 Å². The van der Waals surface area contributed by atoms with Crippen LogP contribution in [0.15, 0.2) is 35.7 Å². The summed E-state index contributed by atoms with van der Waals surface area (Å²) in [6.07, 6.45) is 0. The molecule has 0 saturated heterocycles. The quantitative estimate of drug-likeness (QED) is 0.911. The number of ether oxygens (including phenoxy) is 2. The van der Waals surface area contributed by atoms with Crippen LogP contribution >= 0.6 is 11.3 Å². The van der Waals surface area contributed by atoms with E-state index in [1.807, 2.05) is 24.4 Å². The van der Waals surface area contributed by atoms with Crippen molar-refractivity contribution in [2.75, 3.05) is 12.1 Å². The number of rotatable bonds is 3. The molecule has 1 atom stereocenters. The monoisotopic (exact) mass is 290 g/mol. The molecule has 0 radical (unpaired) electrons. The molecule has 20 heavy (non-hydrogen) atoms. The highest BCUT2D eigenvalue weighted by molar-refractivity contribution is 7.10. The highest BCUT2D eigenvalue weighted by Gasteiger charge is 2.15. The second-order valence-electron chi connectivity index (χ2n) is 4.40. The van der Waals surface area contributed by atoms with Gasteiger partial charge in [0.25, 0.3) is 0 Å². The summed E-state index contributed by atoms with van der Waals surface area (Å²) in [4.78, 5) is 13.0. The third-order valence-corrected chi connectivity index (χ3v) is 4.00. The molecular weight excluding hydrogens is 276 g/mol. The van der Waals surface area contributed by atoms with Crippen LogP contribution in [0.3, 0.4) is 0 Å². The Morgan fingerprint density at radius 2 is 2.15 bits per heavy atom. The first-order valence-electron chi connectivity index (χ1n) is 6.23. The number of anilines is 1. The number of thiophene rings is 1. The highest BCUT2D eigenvalue weighted by Crippen LogP contribution is 2.34. The van der Waals surface area contributed by atoms with Crippen LogP contribution < -0.4 is 20.1 Å². The van der Waals surface area contributed by atoms with E-state index in [1.54, 1.807) is 29.5 Å². The van der Waals surface area contributed by atoms with Gasteiger partial charge in [-0.3, -0.25) is 0 Å². The second kappa shape index (κ2) is 5.42. The first-order valence-corrected chi connectivity index (χ1v) is 7.11. The lowest BCUT2D eigenvalue weighted by molar-refractivity contribution is 0.174. The van der Waals surface area contributed by atoms with Gasteiger partial charge in [0.1, 0.15) is 0 Å². The smallest absolute Gasteiger partial charge is 0.319 e. The molecule has 1 aliphatic rings. The molecule has 2 amide bonds. The van der Waals surface area contributed by atoms with Crippen molar-refractivity contribution in [1.82, 2.24) is 5.32 Å². The van der Waals surface area contributed by atoms with Crippen molar-refractivity contribution in [3.05, 3.63) is 40.6 Å². The Labute approximate surface area is 120 Å². The average molecular weight is 290 g/mol. The fraction of sp³-hybridized carbons (Fsp3) is 0.214. The molecule has 1 aromatic heterocycles. The van der Waals surface area contributed by atoms with Gasteiger partial charge in [-0.15, -0.1) is 11.3 Å². The van der Waals surface area contributed by atoms with E-state index < -0.39 is 0 Å². The van der Waals surface area contributed by atoms with Crippen LogP contribution in [-0.2, 0) is 0 Å². The van der Waals surface area contributed by atoms with Crippen LogP contribution in [0.2, 0.25) is 0 Å². The number of nitrogens with one attached hydrogen (secondary N) is 2. The molecule has 1 aromatic carbocycles. The van der Waals surface area contributed by atoms with Crippen molar-refractivity contribution in [1.29, 1.82) is 0 Å². The van der Waals surface area contributed by atoms with Crippen LogP contribution in [-0.4, -0.2) is 12.8 Å². The van der Waals surface area contributed by atoms with E-state index >= 15 is 0 Å². The zero-order valence-corrected chi connectivity index (χ0v) is 11.7. The molecule has 2 N–H and O–H groups in total. The first-order chi connectivity index (χ1) is 9.72. The lowest BCUT2D eigenvalue weighted by atomic mass is 10.2. The van der Waals surface area contributed by atoms with Crippen molar-refractivity contribution in [2.45, 2.75) is 13.0 Å². The molecule has 6 heteroatoms. The number of hydrogen-bond donors (Lipinski definition) is 2. The van der Waals surface area contributed by atoms with Gasteiger partial charge >= 0.3 is 6.03 Å². The molecule has 2 heterocycles. The number of carbonyl (C=O) groups excluding carboxylic acids is 1. The van der Waals surface area contributed by atoms with Gasteiger partial charge in [-0.2, -0.15) is 0 Å². The van der Waals surface area contributed by atoms with E-state index in [0.717, 1.165) is 4.88 Å². The van der Waals surface area contributed by atoms with E-state index in [9.17, 15) is 4.79 Å². The summed E-state index contributed by atoms with van der Waals surface area (Å²) in [6.45, 7) is 2.17. The Hall–Kier alpha value is -2.21. The molecule has 5 nitrogen and oxygen atoms in total. The minimum atomic E-state index is -0.246. The average Bonchev–Trinajstić information content (AvgIpc) is 3.09. The normalized spacial score (nSPS) is 13.8. The molecular formula is C14H14N2O3S. The number of carbonyl (C=O) groups is 1. The summed E-state index contributed by atoms with van der Waals surface area (Å²) in [5, 5.41) is 7.66. The summed E-state index contributed by atoms with van der Waals surface area (Å²) in [5.41, 5.74) is 0.671. The van der Waals surface area contributed by atoms with Crippen molar-refractivity contribution in [3.8, 4) is 11.5 Å². The minimum absolute atomic E-state index is 0.0241. The van der Waals surface area contributed by atoms with Gasteiger partial charge in [-0.05, 0) is 30.5 Å². The fourth-order valence-electron chi connectivity index (χ4n) is 1.95. The third-order valence-electron chi connectivity index (χ3n) is 2.95. The number of urea groups is 1. The number of fused-ring (bicyclic) bond motifs is 1. The molecule has 0 spiro atoms. The predicted octanol–water partition coefficient (Wildman–Crippen LogP) is 3.36. The largest absolute Gasteiger partial charge is 0.454 e. The zero-order chi connectivity index (χ0) is 13.9. The van der Waals surface area contributed by atoms with Gasteiger partial charge in [-0.25, -0.2) is 4.79 Å². The van der Waals surface area contributed by atoms with Crippen molar-refractivity contribution < 1.29 is 14.3 Å². The van der Waals surface area contributed by atoms with Crippen LogP contribution in [0, 0.1) is 0 Å². The van der Waals surface area contributed by atoms with E-state index in [1.165, 1.54) is 0 Å². The van der Waals surface area contributed by atoms with Crippen LogP contribution in [0.25, 0.3) is 0 Å². The maximum Gasteiger partial charge on any atom is 0.319 e. The van der Waals surface area contributed by atoms with Crippen LogP contribution in [0.4, 0.5) is 10.5 Å². The number of benzene rings is 1. The third kappa shape index (κ3) is 2.70. The molecule has 0 saturated carbocycles. The summed E-state index contributed by atoms with van der Waals surface area (Å²) >= 11 is 1.62. The Kier molecular flexibility index (Phi) is 3.47. The van der Waals surface area contributed by atoms with Gasteiger partial charge in [0.05, 0.1) is 6.04 Å². The van der Waals surface area contributed by atoms with Gasteiger partial charge in [0.2, 0.25) is 6.79 Å². The van der Waals surface area contributed by atoms with Gasteiger partial charge in [0, 0.05) is 16.6 Å². The molecule has 3 rings (SSSR count). The van der Waals surface area contributed by atoms with E-state index in [-0.39, 0.29) is 18.9 Å². The lowest BCUT2D eigenvalue weighted by Gasteiger charge is -2.13. The number of hydrogen-bond acceptors (Lipinski definition) is 4. The fourth-order valence-corrected chi connectivity index (χ4v) is 2.68. The standard InChI is InChI=1S/C14H14N2O3S/c1-9(13-3-2-6-20-13)15-14(17)16-10-4-5-11-12(7-10)19-8-18-11/h2-7,9H,8H2,1H3,(H2,15,16,17). The van der Waals surface area contributed by atoms with Gasteiger partial charge in [0.15, 0.2) is 11.5 Å². The summed E-state index contributed by atoms with van der Waals surface area (Å²) < 4.78 is 10.5. The lowest BCUT2D eigenvalue weighted by Crippen LogP contribution is -2.30. The SMILES string of the molecule is CC(NC(=O)Nc1ccc2c(c1)OCO2)c1cccs1. The van der Waals surface area contributed by atoms with Crippen molar-refractivity contribution >= 4 is 23.1 Å². The molecule has 0 fully saturated rings. The Balaban J connectivity index is 1.61. The first kappa shape index (κ1) is 12.8. The van der Waals surface area contributed by atoms with E-state index in [4.69, 9.17) is 9.47 Å². The van der Waals surface area contributed by atoms with Gasteiger partial charge < -0.3 is 20.1 Å². The molecule has 0 aliphatic carbocycles. The molecule has 2 aromatic rings. The maximum absolute atomic E-state index is 11.9. The Morgan fingerprint density at radius 1 is 1.30 bits per heavy atom. The van der Waals surface area contributed by atoms with E-state index in [2.05, 4.69) is 10.6 Å². The summed E-state index contributed by atoms with van der Waals surface area (Å²) in [7, 11) is 0. The predicted molar refractivity (Wildman–Crippen MR) is 77.5 cm³/mol. The number of amides is 2.